The predicted octanol–water partition coefficient (Wildman–Crippen LogP) is 3.59. The van der Waals surface area contributed by atoms with Crippen LogP contribution in [0.4, 0.5) is 4.79 Å². The number of unbranched alkanes of at least 4 members (excludes halogenated alkanes) is 2. The smallest absolute Gasteiger partial charge is 0.408 e. The number of rotatable bonds is 10. The van der Waals surface area contributed by atoms with Gasteiger partial charge < -0.3 is 14.8 Å². The summed E-state index contributed by atoms with van der Waals surface area (Å²) >= 11 is 0. The number of hydrogen-bond acceptors (Lipinski definition) is 4. The van der Waals surface area contributed by atoms with Crippen LogP contribution in [0.3, 0.4) is 0 Å². The Bertz CT molecular complexity index is 487. The second kappa shape index (κ2) is 11.3. The molecule has 126 valence electrons. The summed E-state index contributed by atoms with van der Waals surface area (Å²) in [4.78, 5) is 23.8. The van der Waals surface area contributed by atoms with Crippen LogP contribution >= 0.6 is 0 Å². The molecule has 0 saturated carbocycles. The SMILES string of the molecule is C=CCC(NC(=O)OCc1ccccc1)C(=O)OCCCCC. The molecule has 1 aromatic carbocycles. The number of esters is 1. The lowest BCUT2D eigenvalue weighted by atomic mass is 10.2. The van der Waals surface area contributed by atoms with E-state index in [4.69, 9.17) is 9.47 Å². The van der Waals surface area contributed by atoms with Gasteiger partial charge in [0.1, 0.15) is 12.6 Å². The highest BCUT2D eigenvalue weighted by molar-refractivity contribution is 5.81. The van der Waals surface area contributed by atoms with Crippen molar-refractivity contribution in [3.05, 3.63) is 48.6 Å². The molecule has 0 spiro atoms. The maximum atomic E-state index is 12.0. The average Bonchev–Trinajstić information content (AvgIpc) is 2.57. The Hall–Kier alpha value is -2.30. The van der Waals surface area contributed by atoms with Crippen molar-refractivity contribution in [3.8, 4) is 0 Å². The molecule has 23 heavy (non-hydrogen) atoms. The number of benzene rings is 1. The molecule has 1 amide bonds. The maximum Gasteiger partial charge on any atom is 0.408 e. The van der Waals surface area contributed by atoms with E-state index in [1.165, 1.54) is 0 Å². The van der Waals surface area contributed by atoms with Crippen molar-refractivity contribution in [3.63, 3.8) is 0 Å². The van der Waals surface area contributed by atoms with E-state index in [-0.39, 0.29) is 6.61 Å². The molecule has 1 atom stereocenters. The van der Waals surface area contributed by atoms with Gasteiger partial charge in [-0.25, -0.2) is 9.59 Å². The summed E-state index contributed by atoms with van der Waals surface area (Å²) in [6, 6.07) is 8.57. The summed E-state index contributed by atoms with van der Waals surface area (Å²) in [6.07, 6.45) is 4.10. The lowest BCUT2D eigenvalue weighted by Gasteiger charge is -2.16. The van der Waals surface area contributed by atoms with Crippen LogP contribution < -0.4 is 5.32 Å². The molecule has 1 N–H and O–H groups in total. The summed E-state index contributed by atoms with van der Waals surface area (Å²) in [6.45, 7) is 6.18. The van der Waals surface area contributed by atoms with Gasteiger partial charge in [0.25, 0.3) is 0 Å². The first kappa shape index (κ1) is 18.7. The fourth-order valence-corrected chi connectivity index (χ4v) is 1.91. The number of hydrogen-bond donors (Lipinski definition) is 1. The molecule has 0 aromatic heterocycles. The lowest BCUT2D eigenvalue weighted by Crippen LogP contribution is -2.41. The molecule has 0 aliphatic carbocycles. The molecule has 5 nitrogen and oxygen atoms in total. The number of nitrogens with one attached hydrogen (secondary N) is 1. The van der Waals surface area contributed by atoms with E-state index < -0.39 is 18.1 Å². The van der Waals surface area contributed by atoms with Gasteiger partial charge in [0.05, 0.1) is 6.61 Å². The predicted molar refractivity (Wildman–Crippen MR) is 88.8 cm³/mol. The molecule has 0 aliphatic rings. The fourth-order valence-electron chi connectivity index (χ4n) is 1.91. The molecule has 0 heterocycles. The zero-order chi connectivity index (χ0) is 16.9. The zero-order valence-corrected chi connectivity index (χ0v) is 13.6. The molecule has 5 heteroatoms. The van der Waals surface area contributed by atoms with Crippen molar-refractivity contribution in [2.45, 2.75) is 45.3 Å². The molecule has 0 fully saturated rings. The maximum absolute atomic E-state index is 12.0. The number of amides is 1. The normalized spacial score (nSPS) is 11.3. The van der Waals surface area contributed by atoms with Crippen LogP contribution in [0.5, 0.6) is 0 Å². The first-order valence-corrected chi connectivity index (χ1v) is 7.92. The zero-order valence-electron chi connectivity index (χ0n) is 13.6. The van der Waals surface area contributed by atoms with E-state index >= 15 is 0 Å². The minimum atomic E-state index is -0.766. The number of carbonyl (C=O) groups excluding carboxylic acids is 2. The highest BCUT2D eigenvalue weighted by atomic mass is 16.6. The topological polar surface area (TPSA) is 64.6 Å². The van der Waals surface area contributed by atoms with Crippen molar-refractivity contribution in [2.24, 2.45) is 0 Å². The molecular weight excluding hydrogens is 294 g/mol. The standard InChI is InChI=1S/C18H25NO4/c1-3-5-9-13-22-17(20)16(10-4-2)19-18(21)23-14-15-11-7-6-8-12-15/h4,6-8,11-12,16H,2-3,5,9-10,13-14H2,1H3,(H,19,21). The third kappa shape index (κ3) is 8.04. The van der Waals surface area contributed by atoms with Gasteiger partial charge in [-0.3, -0.25) is 0 Å². The van der Waals surface area contributed by atoms with E-state index in [0.717, 1.165) is 24.8 Å². The van der Waals surface area contributed by atoms with Crippen LogP contribution in [-0.2, 0) is 20.9 Å². The quantitative estimate of drug-likeness (QED) is 0.406. The van der Waals surface area contributed by atoms with E-state index in [0.29, 0.717) is 13.0 Å². The fraction of sp³-hybridized carbons (Fsp3) is 0.444. The minimum Gasteiger partial charge on any atom is -0.464 e. The Labute approximate surface area is 137 Å². The first-order valence-electron chi connectivity index (χ1n) is 7.92. The van der Waals surface area contributed by atoms with Crippen molar-refractivity contribution in [1.29, 1.82) is 0 Å². The molecule has 0 radical (unpaired) electrons. The highest BCUT2D eigenvalue weighted by Gasteiger charge is 2.21. The monoisotopic (exact) mass is 319 g/mol. The molecular formula is C18H25NO4. The minimum absolute atomic E-state index is 0.152. The molecule has 1 aromatic rings. The highest BCUT2D eigenvalue weighted by Crippen LogP contribution is 2.03. The van der Waals surface area contributed by atoms with Crippen molar-refractivity contribution >= 4 is 12.1 Å². The van der Waals surface area contributed by atoms with Crippen molar-refractivity contribution in [2.75, 3.05) is 6.61 Å². The average molecular weight is 319 g/mol. The van der Waals surface area contributed by atoms with Gasteiger partial charge in [-0.05, 0) is 18.4 Å². The van der Waals surface area contributed by atoms with E-state index in [1.54, 1.807) is 6.08 Å². The second-order valence-corrected chi connectivity index (χ2v) is 5.16. The Balaban J connectivity index is 2.39. The van der Waals surface area contributed by atoms with Crippen LogP contribution in [0.15, 0.2) is 43.0 Å². The van der Waals surface area contributed by atoms with Gasteiger partial charge in [0.2, 0.25) is 0 Å². The molecule has 0 aliphatic heterocycles. The number of ether oxygens (including phenoxy) is 2. The van der Waals surface area contributed by atoms with E-state index in [1.807, 2.05) is 30.3 Å². The van der Waals surface area contributed by atoms with Crippen molar-refractivity contribution < 1.29 is 19.1 Å². The third-order valence-electron chi connectivity index (χ3n) is 3.18. The van der Waals surface area contributed by atoms with E-state index in [2.05, 4.69) is 18.8 Å². The number of carbonyl (C=O) groups is 2. The largest absolute Gasteiger partial charge is 0.464 e. The Kier molecular flexibility index (Phi) is 9.20. The Morgan fingerprint density at radius 1 is 1.22 bits per heavy atom. The van der Waals surface area contributed by atoms with Crippen molar-refractivity contribution in [1.82, 2.24) is 5.32 Å². The summed E-state index contributed by atoms with van der Waals surface area (Å²) in [5, 5.41) is 2.52. The van der Waals surface area contributed by atoms with Gasteiger partial charge in [-0.2, -0.15) is 0 Å². The van der Waals surface area contributed by atoms with Crippen LogP contribution in [0.25, 0.3) is 0 Å². The first-order chi connectivity index (χ1) is 11.2. The van der Waals surface area contributed by atoms with Gasteiger partial charge >= 0.3 is 12.1 Å². The van der Waals surface area contributed by atoms with E-state index in [9.17, 15) is 9.59 Å². The van der Waals surface area contributed by atoms with Crippen LogP contribution in [0, 0.1) is 0 Å². The summed E-state index contributed by atoms with van der Waals surface area (Å²) < 4.78 is 10.3. The molecule has 1 rings (SSSR count). The summed E-state index contributed by atoms with van der Waals surface area (Å²) in [5.41, 5.74) is 0.880. The van der Waals surface area contributed by atoms with Crippen LogP contribution in [0.2, 0.25) is 0 Å². The Morgan fingerprint density at radius 2 is 1.96 bits per heavy atom. The van der Waals surface area contributed by atoms with Crippen LogP contribution in [0.1, 0.15) is 38.2 Å². The summed E-state index contributed by atoms with van der Waals surface area (Å²) in [5.74, 6) is -0.460. The Morgan fingerprint density at radius 3 is 2.61 bits per heavy atom. The lowest BCUT2D eigenvalue weighted by molar-refractivity contribution is -0.146. The number of alkyl carbamates (subject to hydrolysis) is 1. The summed E-state index contributed by atoms with van der Waals surface area (Å²) in [7, 11) is 0. The molecule has 0 saturated heterocycles. The van der Waals surface area contributed by atoms with Gasteiger partial charge in [-0.15, -0.1) is 6.58 Å². The molecule has 0 bridgehead atoms. The van der Waals surface area contributed by atoms with Gasteiger partial charge in [-0.1, -0.05) is 56.2 Å². The van der Waals surface area contributed by atoms with Crippen LogP contribution in [-0.4, -0.2) is 24.7 Å². The molecule has 1 unspecified atom stereocenters. The van der Waals surface area contributed by atoms with Gasteiger partial charge in [0, 0.05) is 0 Å². The second-order valence-electron chi connectivity index (χ2n) is 5.16. The third-order valence-corrected chi connectivity index (χ3v) is 3.18. The van der Waals surface area contributed by atoms with Gasteiger partial charge in [0.15, 0.2) is 0 Å².